The number of sulfonamides is 2. The average molecular weight is 378 g/mol. The van der Waals surface area contributed by atoms with Crippen molar-refractivity contribution < 1.29 is 26.4 Å². The van der Waals surface area contributed by atoms with Crippen molar-refractivity contribution in [3.8, 4) is 0 Å². The molecule has 0 heterocycles. The molecule has 12 heteroatoms. The van der Waals surface area contributed by atoms with Gasteiger partial charge in [0, 0.05) is 18.5 Å². The van der Waals surface area contributed by atoms with Gasteiger partial charge in [0.25, 0.3) is 0 Å². The molecule has 1 rings (SSSR count). The highest BCUT2D eigenvalue weighted by atomic mass is 32.3. The number of hydrogen-bond donors (Lipinski definition) is 3. The Balaban J connectivity index is 3.36. The Hall–Kier alpha value is -2.34. The van der Waals surface area contributed by atoms with Crippen LogP contribution in [0.2, 0.25) is 0 Å². The van der Waals surface area contributed by atoms with Crippen LogP contribution in [0.4, 0.5) is 11.4 Å². The van der Waals surface area contributed by atoms with Gasteiger partial charge in [0.15, 0.2) is 0 Å². The first-order valence-electron chi connectivity index (χ1n) is 6.64. The number of benzene rings is 1. The van der Waals surface area contributed by atoms with Gasteiger partial charge in [-0.3, -0.25) is 9.59 Å². The SMILES string of the molecule is NC(=O)CCS(=O)(=O)N(c1cccc(N)c1)S(=O)(=O)CCC(N)=O. The number of rotatable bonds is 9. The third-order valence-electron chi connectivity index (χ3n) is 2.80. The third kappa shape index (κ3) is 5.38. The van der Waals surface area contributed by atoms with Crippen molar-refractivity contribution >= 4 is 43.2 Å². The van der Waals surface area contributed by atoms with E-state index in [0.29, 0.717) is 0 Å². The van der Waals surface area contributed by atoms with E-state index in [1.807, 2.05) is 0 Å². The molecule has 0 radical (unpaired) electrons. The molecule has 0 saturated heterocycles. The number of carbonyl (C=O) groups is 2. The fourth-order valence-electron chi connectivity index (χ4n) is 1.76. The lowest BCUT2D eigenvalue weighted by molar-refractivity contribution is -0.118. The number of nitrogen functional groups attached to an aromatic ring is 1. The van der Waals surface area contributed by atoms with E-state index in [4.69, 9.17) is 17.2 Å². The molecule has 0 spiro atoms. The molecule has 0 aromatic heterocycles. The molecule has 24 heavy (non-hydrogen) atoms. The zero-order chi connectivity index (χ0) is 18.5. The highest BCUT2D eigenvalue weighted by molar-refractivity contribution is 8.10. The monoisotopic (exact) mass is 378 g/mol. The first-order chi connectivity index (χ1) is 11.0. The van der Waals surface area contributed by atoms with Crippen molar-refractivity contribution in [2.45, 2.75) is 12.8 Å². The minimum Gasteiger partial charge on any atom is -0.399 e. The quantitative estimate of drug-likeness (QED) is 0.436. The van der Waals surface area contributed by atoms with Crippen LogP contribution in [0.5, 0.6) is 0 Å². The molecular weight excluding hydrogens is 360 g/mol. The summed E-state index contributed by atoms with van der Waals surface area (Å²) in [5, 5.41) is 0. The lowest BCUT2D eigenvalue weighted by Gasteiger charge is -2.23. The van der Waals surface area contributed by atoms with Crippen molar-refractivity contribution in [1.82, 2.24) is 0 Å². The second-order valence-corrected chi connectivity index (χ2v) is 8.96. The molecule has 2 amide bonds. The number of anilines is 2. The minimum absolute atomic E-state index is 0.132. The summed E-state index contributed by atoms with van der Waals surface area (Å²) in [7, 11) is -8.91. The van der Waals surface area contributed by atoms with Crippen molar-refractivity contribution in [1.29, 1.82) is 0 Å². The van der Waals surface area contributed by atoms with Crippen LogP contribution in [-0.4, -0.2) is 40.2 Å². The molecule has 0 atom stereocenters. The molecule has 0 aliphatic heterocycles. The molecular formula is C12H18N4O6S2. The van der Waals surface area contributed by atoms with Crippen molar-refractivity contribution in [2.24, 2.45) is 11.5 Å². The van der Waals surface area contributed by atoms with Crippen LogP contribution in [0.25, 0.3) is 0 Å². The minimum atomic E-state index is -4.46. The van der Waals surface area contributed by atoms with E-state index >= 15 is 0 Å². The van der Waals surface area contributed by atoms with Crippen LogP contribution in [0.1, 0.15) is 12.8 Å². The van der Waals surface area contributed by atoms with Gasteiger partial charge in [-0.1, -0.05) is 6.07 Å². The number of amides is 2. The Morgan fingerprint density at radius 3 is 1.75 bits per heavy atom. The molecule has 0 aliphatic rings. The second-order valence-electron chi connectivity index (χ2n) is 4.86. The third-order valence-corrected chi connectivity index (χ3v) is 7.03. The fraction of sp³-hybridized carbons (Fsp3) is 0.333. The zero-order valence-corrected chi connectivity index (χ0v) is 14.2. The summed E-state index contributed by atoms with van der Waals surface area (Å²) >= 11 is 0. The maximum Gasteiger partial charge on any atom is 0.248 e. The predicted octanol–water partition coefficient (Wildman–Crippen LogP) is -1.51. The largest absolute Gasteiger partial charge is 0.399 e. The number of primary amides is 2. The van der Waals surface area contributed by atoms with Gasteiger partial charge in [-0.15, -0.1) is 0 Å². The van der Waals surface area contributed by atoms with Gasteiger partial charge in [0.05, 0.1) is 17.2 Å². The number of nitrogens with two attached hydrogens (primary N) is 3. The number of nitrogens with zero attached hydrogens (tertiary/aromatic N) is 1. The summed E-state index contributed by atoms with van der Waals surface area (Å²) < 4.78 is 49.8. The van der Waals surface area contributed by atoms with Gasteiger partial charge in [0.1, 0.15) is 0 Å². The van der Waals surface area contributed by atoms with Gasteiger partial charge in [0.2, 0.25) is 31.9 Å². The predicted molar refractivity (Wildman–Crippen MR) is 88.5 cm³/mol. The van der Waals surface area contributed by atoms with Gasteiger partial charge in [-0.2, -0.15) is 3.71 Å². The van der Waals surface area contributed by atoms with Crippen molar-refractivity contribution in [3.05, 3.63) is 24.3 Å². The number of hydrogen-bond acceptors (Lipinski definition) is 7. The standard InChI is InChI=1S/C12H18N4O6S2/c13-9-2-1-3-10(8-9)16(23(19,20)6-4-11(14)17)24(21,22)7-5-12(15)18/h1-3,8H,4-7,13H2,(H2,14,17)(H2,15,18). The van der Waals surface area contributed by atoms with Gasteiger partial charge >= 0.3 is 0 Å². The maximum absolute atomic E-state index is 12.4. The lowest BCUT2D eigenvalue weighted by Crippen LogP contribution is -2.41. The van der Waals surface area contributed by atoms with Crippen molar-refractivity contribution in [2.75, 3.05) is 20.9 Å². The van der Waals surface area contributed by atoms with Crippen LogP contribution in [0, 0.1) is 0 Å². The first-order valence-corrected chi connectivity index (χ1v) is 9.85. The van der Waals surface area contributed by atoms with E-state index in [1.54, 1.807) is 0 Å². The smallest absolute Gasteiger partial charge is 0.248 e. The van der Waals surface area contributed by atoms with Gasteiger partial charge in [-0.05, 0) is 18.2 Å². The van der Waals surface area contributed by atoms with Gasteiger partial charge < -0.3 is 17.2 Å². The highest BCUT2D eigenvalue weighted by Gasteiger charge is 2.34. The Bertz CT molecular complexity index is 787. The van der Waals surface area contributed by atoms with E-state index in [2.05, 4.69) is 0 Å². The summed E-state index contributed by atoms with van der Waals surface area (Å²) in [6, 6.07) is 5.17. The Labute approximate surface area is 139 Å². The van der Waals surface area contributed by atoms with Gasteiger partial charge in [-0.25, -0.2) is 16.8 Å². The Morgan fingerprint density at radius 1 is 0.917 bits per heavy atom. The zero-order valence-electron chi connectivity index (χ0n) is 12.6. The lowest BCUT2D eigenvalue weighted by atomic mass is 10.3. The second kappa shape index (κ2) is 7.49. The Kier molecular flexibility index (Phi) is 6.15. The first kappa shape index (κ1) is 19.7. The molecule has 0 saturated carbocycles. The average Bonchev–Trinajstić information content (AvgIpc) is 2.43. The molecule has 0 unspecified atom stereocenters. The summed E-state index contributed by atoms with van der Waals surface area (Å²) in [5.74, 6) is -3.43. The molecule has 134 valence electrons. The van der Waals surface area contributed by atoms with E-state index < -0.39 is 56.2 Å². The topological polar surface area (TPSA) is 184 Å². The molecule has 0 aliphatic carbocycles. The van der Waals surface area contributed by atoms with E-state index in [-0.39, 0.29) is 15.1 Å². The number of carbonyl (C=O) groups excluding carboxylic acids is 2. The van der Waals surface area contributed by atoms with Crippen LogP contribution in [0.15, 0.2) is 24.3 Å². The summed E-state index contributed by atoms with van der Waals surface area (Å²) in [5.41, 5.74) is 15.3. The van der Waals surface area contributed by atoms with Crippen LogP contribution in [-0.2, 0) is 29.6 Å². The molecule has 0 bridgehead atoms. The summed E-state index contributed by atoms with van der Waals surface area (Å²) in [4.78, 5) is 21.7. The van der Waals surface area contributed by atoms with Crippen LogP contribution < -0.4 is 20.9 Å². The van der Waals surface area contributed by atoms with E-state index in [1.165, 1.54) is 18.2 Å². The van der Waals surface area contributed by atoms with E-state index in [0.717, 1.165) is 6.07 Å². The molecule has 1 aromatic rings. The molecule has 0 fully saturated rings. The van der Waals surface area contributed by atoms with Crippen LogP contribution >= 0.6 is 0 Å². The molecule has 10 nitrogen and oxygen atoms in total. The molecule has 6 N–H and O–H groups in total. The highest BCUT2D eigenvalue weighted by Crippen LogP contribution is 2.25. The fourth-order valence-corrected chi connectivity index (χ4v) is 5.71. The summed E-state index contributed by atoms with van der Waals surface area (Å²) in [6.45, 7) is 0. The molecule has 1 aromatic carbocycles. The Morgan fingerprint density at radius 2 is 1.38 bits per heavy atom. The maximum atomic E-state index is 12.4. The van der Waals surface area contributed by atoms with E-state index in [9.17, 15) is 26.4 Å². The summed E-state index contributed by atoms with van der Waals surface area (Å²) in [6.07, 6.45) is -1.13. The normalized spacial score (nSPS) is 11.8. The van der Waals surface area contributed by atoms with Crippen LogP contribution in [0.3, 0.4) is 0 Å². The van der Waals surface area contributed by atoms with Crippen molar-refractivity contribution in [3.63, 3.8) is 0 Å².